The van der Waals surface area contributed by atoms with E-state index >= 15 is 0 Å². The molecule has 0 saturated carbocycles. The third-order valence-electron chi connectivity index (χ3n) is 5.47. The first-order valence-corrected chi connectivity index (χ1v) is 10.4. The Hall–Kier alpha value is -3.20. The van der Waals surface area contributed by atoms with Gasteiger partial charge in [-0.2, -0.15) is 4.98 Å². The second-order valence-electron chi connectivity index (χ2n) is 7.65. The minimum Gasteiger partial charge on any atom is -0.481 e. The topological polar surface area (TPSA) is 120 Å². The van der Waals surface area contributed by atoms with Gasteiger partial charge in [0.05, 0.1) is 6.42 Å². The Labute approximate surface area is 180 Å². The average molecular weight is 426 g/mol. The Kier molecular flexibility index (Phi) is 6.61. The highest BCUT2D eigenvalue weighted by atomic mass is 16.7. The molecular formula is C22H26N4O5. The molecule has 9 nitrogen and oxygen atoms in total. The summed E-state index contributed by atoms with van der Waals surface area (Å²) in [5.41, 5.74) is 2.00. The molecule has 2 aromatic rings. The molecule has 3 heterocycles. The third-order valence-corrected chi connectivity index (χ3v) is 5.47. The quantitative estimate of drug-likeness (QED) is 0.591. The van der Waals surface area contributed by atoms with Crippen LogP contribution in [0.1, 0.15) is 36.7 Å². The molecule has 4 rings (SSSR count). The van der Waals surface area contributed by atoms with E-state index in [2.05, 4.69) is 20.4 Å². The fraction of sp³-hybridized carbons (Fsp3) is 0.455. The van der Waals surface area contributed by atoms with Crippen molar-refractivity contribution in [2.24, 2.45) is 5.92 Å². The van der Waals surface area contributed by atoms with E-state index in [4.69, 9.17) is 14.0 Å². The summed E-state index contributed by atoms with van der Waals surface area (Å²) in [6, 6.07) is 5.90. The molecule has 2 unspecified atom stereocenters. The molecule has 2 aromatic heterocycles. The van der Waals surface area contributed by atoms with Gasteiger partial charge in [-0.05, 0) is 37.0 Å². The third kappa shape index (κ3) is 5.49. The minimum atomic E-state index is -0.861. The van der Waals surface area contributed by atoms with Gasteiger partial charge in [0.15, 0.2) is 12.6 Å². The highest BCUT2D eigenvalue weighted by Crippen LogP contribution is 2.33. The van der Waals surface area contributed by atoms with Crippen LogP contribution in [-0.4, -0.2) is 46.1 Å². The molecule has 2 N–H and O–H groups in total. The summed E-state index contributed by atoms with van der Waals surface area (Å²) in [6.07, 6.45) is 6.97. The predicted octanol–water partition coefficient (Wildman–Crippen LogP) is 2.90. The van der Waals surface area contributed by atoms with E-state index < -0.39 is 5.97 Å². The zero-order chi connectivity index (χ0) is 21.6. The molecule has 1 fully saturated rings. The van der Waals surface area contributed by atoms with Crippen molar-refractivity contribution in [2.75, 3.05) is 19.2 Å². The van der Waals surface area contributed by atoms with E-state index in [-0.39, 0.29) is 25.2 Å². The fourth-order valence-electron chi connectivity index (χ4n) is 3.86. The van der Waals surface area contributed by atoms with Crippen LogP contribution in [0.4, 0.5) is 5.82 Å². The van der Waals surface area contributed by atoms with Gasteiger partial charge in [-0.25, -0.2) is 4.98 Å². The molecular weight excluding hydrogens is 400 g/mol. The van der Waals surface area contributed by atoms with Crippen LogP contribution in [0.2, 0.25) is 0 Å². The Balaban J connectivity index is 1.35. The van der Waals surface area contributed by atoms with Gasteiger partial charge in [-0.3, -0.25) is 4.79 Å². The number of hydrogen-bond acceptors (Lipinski definition) is 8. The van der Waals surface area contributed by atoms with Gasteiger partial charge in [-0.15, -0.1) is 0 Å². The number of nitrogens with one attached hydrogen (secondary N) is 1. The molecule has 0 aromatic carbocycles. The average Bonchev–Trinajstić information content (AvgIpc) is 3.42. The highest BCUT2D eigenvalue weighted by Gasteiger charge is 2.31. The monoisotopic (exact) mass is 426 g/mol. The molecule has 0 spiro atoms. The summed E-state index contributed by atoms with van der Waals surface area (Å²) in [6.45, 7) is 0.239. The Morgan fingerprint density at radius 1 is 1.29 bits per heavy atom. The second kappa shape index (κ2) is 9.74. The van der Waals surface area contributed by atoms with Crippen LogP contribution >= 0.6 is 0 Å². The lowest BCUT2D eigenvalue weighted by atomic mass is 9.85. The molecule has 0 amide bonds. The van der Waals surface area contributed by atoms with Crippen LogP contribution in [0.25, 0.3) is 0 Å². The first kappa shape index (κ1) is 21.0. The normalized spacial score (nSPS) is 18.5. The number of aromatic nitrogens is 3. The summed E-state index contributed by atoms with van der Waals surface area (Å²) in [5, 5.41) is 16.5. The second-order valence-corrected chi connectivity index (χ2v) is 7.65. The van der Waals surface area contributed by atoms with Gasteiger partial charge in [0, 0.05) is 32.0 Å². The van der Waals surface area contributed by atoms with Crippen molar-refractivity contribution in [3.63, 3.8) is 0 Å². The number of hydrogen-bond donors (Lipinski definition) is 2. The van der Waals surface area contributed by atoms with Crippen LogP contribution in [0, 0.1) is 5.92 Å². The summed E-state index contributed by atoms with van der Waals surface area (Å²) in [5.74, 6) is 1.63. The van der Waals surface area contributed by atoms with Crippen LogP contribution in [0.5, 0.6) is 0 Å². The lowest BCUT2D eigenvalue weighted by Gasteiger charge is -2.22. The molecule has 2 aliphatic rings. The first-order valence-electron chi connectivity index (χ1n) is 10.4. The summed E-state index contributed by atoms with van der Waals surface area (Å²) >= 11 is 0. The summed E-state index contributed by atoms with van der Waals surface area (Å²) in [4.78, 5) is 20.4. The molecule has 164 valence electrons. The lowest BCUT2D eigenvalue weighted by Crippen LogP contribution is -2.20. The van der Waals surface area contributed by atoms with Crippen LogP contribution < -0.4 is 5.32 Å². The summed E-state index contributed by atoms with van der Waals surface area (Å²) in [7, 11) is 1.84. The van der Waals surface area contributed by atoms with Crippen molar-refractivity contribution in [3.05, 3.63) is 59.1 Å². The number of aliphatic carboxylic acids is 1. The summed E-state index contributed by atoms with van der Waals surface area (Å²) < 4.78 is 16.4. The van der Waals surface area contributed by atoms with Crippen LogP contribution in [-0.2, 0) is 33.5 Å². The van der Waals surface area contributed by atoms with Crippen molar-refractivity contribution in [3.8, 4) is 0 Å². The molecule has 1 saturated heterocycles. The van der Waals surface area contributed by atoms with Gasteiger partial charge in [0.25, 0.3) is 0 Å². The highest BCUT2D eigenvalue weighted by molar-refractivity contribution is 5.67. The maximum Gasteiger partial charge on any atom is 0.303 e. The number of pyridine rings is 1. The van der Waals surface area contributed by atoms with Gasteiger partial charge in [0.2, 0.25) is 5.89 Å². The SMILES string of the molecule is CNc1cccc(CCCc2noc(CC(CC(=O)O)C3=CC=C4OCOC4C3)n2)n1. The van der Waals surface area contributed by atoms with Gasteiger partial charge >= 0.3 is 5.97 Å². The number of fused-ring (bicyclic) bond motifs is 1. The zero-order valence-electron chi connectivity index (χ0n) is 17.4. The van der Waals surface area contributed by atoms with E-state index in [0.29, 0.717) is 31.0 Å². The maximum atomic E-state index is 11.4. The number of nitrogens with zero attached hydrogens (tertiary/aromatic N) is 3. The minimum absolute atomic E-state index is 0.00618. The zero-order valence-corrected chi connectivity index (χ0v) is 17.4. The van der Waals surface area contributed by atoms with Crippen LogP contribution in [0.15, 0.2) is 46.2 Å². The van der Waals surface area contributed by atoms with Crippen molar-refractivity contribution in [2.45, 2.75) is 44.6 Å². The molecule has 0 radical (unpaired) electrons. The molecule has 9 heteroatoms. The van der Waals surface area contributed by atoms with E-state index in [0.717, 1.165) is 35.7 Å². The number of aryl methyl sites for hydroxylation is 2. The van der Waals surface area contributed by atoms with Crippen molar-refractivity contribution in [1.29, 1.82) is 0 Å². The van der Waals surface area contributed by atoms with E-state index in [1.165, 1.54) is 0 Å². The number of carboxylic acids is 1. The number of carboxylic acid groups (broad SMARTS) is 1. The molecule has 1 aliphatic heterocycles. The van der Waals surface area contributed by atoms with E-state index in [9.17, 15) is 9.90 Å². The van der Waals surface area contributed by atoms with E-state index in [1.807, 2.05) is 37.4 Å². The number of allylic oxidation sites excluding steroid dienone is 2. The lowest BCUT2D eigenvalue weighted by molar-refractivity contribution is -0.137. The molecule has 0 bridgehead atoms. The molecule has 2 atom stereocenters. The number of anilines is 1. The predicted molar refractivity (Wildman–Crippen MR) is 111 cm³/mol. The van der Waals surface area contributed by atoms with Crippen molar-refractivity contribution >= 4 is 11.8 Å². The first-order chi connectivity index (χ1) is 15.1. The maximum absolute atomic E-state index is 11.4. The van der Waals surface area contributed by atoms with Gasteiger partial charge < -0.3 is 24.4 Å². The van der Waals surface area contributed by atoms with Crippen LogP contribution in [0.3, 0.4) is 0 Å². The van der Waals surface area contributed by atoms with Gasteiger partial charge in [0.1, 0.15) is 17.7 Å². The standard InChI is InChI=1S/C22H26N4O5/c1-23-19-6-2-4-16(24-19)5-3-7-20-25-21(31-26-20)11-15(12-22(27)28)14-8-9-17-18(10-14)30-13-29-17/h2,4,6,8-9,15,18H,3,5,7,10-13H2,1H3,(H,23,24)(H,27,28). The number of carbonyl (C=O) groups is 1. The van der Waals surface area contributed by atoms with Gasteiger partial charge in [-0.1, -0.05) is 22.9 Å². The number of ether oxygens (including phenoxy) is 2. The van der Waals surface area contributed by atoms with Crippen molar-refractivity contribution < 1.29 is 23.9 Å². The molecule has 31 heavy (non-hydrogen) atoms. The van der Waals surface area contributed by atoms with Crippen molar-refractivity contribution in [1.82, 2.24) is 15.1 Å². The Morgan fingerprint density at radius 2 is 2.19 bits per heavy atom. The Morgan fingerprint density at radius 3 is 3.03 bits per heavy atom. The van der Waals surface area contributed by atoms with E-state index in [1.54, 1.807) is 0 Å². The largest absolute Gasteiger partial charge is 0.481 e. The smallest absolute Gasteiger partial charge is 0.303 e. The fourth-order valence-corrected chi connectivity index (χ4v) is 3.86. The Bertz CT molecular complexity index is 984. The number of rotatable bonds is 10. The molecule has 1 aliphatic carbocycles.